The normalized spacial score (nSPS) is 19.8. The van der Waals surface area contributed by atoms with Gasteiger partial charge < -0.3 is 20.5 Å². The van der Waals surface area contributed by atoms with Gasteiger partial charge in [0.15, 0.2) is 0 Å². The summed E-state index contributed by atoms with van der Waals surface area (Å²) < 4.78 is 5.60. The lowest BCUT2D eigenvalue weighted by molar-refractivity contribution is -0.145. The van der Waals surface area contributed by atoms with Crippen LogP contribution < -0.4 is 10.6 Å². The van der Waals surface area contributed by atoms with Crippen LogP contribution in [0.25, 0.3) is 11.1 Å². The molecule has 186 valence electrons. The molecule has 1 fully saturated rings. The van der Waals surface area contributed by atoms with Crippen molar-refractivity contribution in [3.8, 4) is 11.1 Å². The molecule has 0 radical (unpaired) electrons. The van der Waals surface area contributed by atoms with Crippen molar-refractivity contribution in [2.45, 2.75) is 57.4 Å². The lowest BCUT2D eigenvalue weighted by Gasteiger charge is -2.28. The van der Waals surface area contributed by atoms with Gasteiger partial charge in [-0.15, -0.1) is 0 Å². The average Bonchev–Trinajstić information content (AvgIpc) is 3.19. The van der Waals surface area contributed by atoms with Crippen LogP contribution in [0, 0.1) is 11.8 Å². The molecule has 2 aliphatic rings. The molecule has 0 saturated heterocycles. The number of rotatable bonds is 9. The Hall–Kier alpha value is -3.35. The van der Waals surface area contributed by atoms with E-state index in [4.69, 9.17) is 4.74 Å². The molecule has 7 heteroatoms. The van der Waals surface area contributed by atoms with E-state index in [2.05, 4.69) is 34.9 Å². The number of carboxylic acids is 1. The summed E-state index contributed by atoms with van der Waals surface area (Å²) in [5.74, 6) is -1.43. The van der Waals surface area contributed by atoms with Crippen LogP contribution in [0.4, 0.5) is 4.79 Å². The number of hydrogen-bond donors (Lipinski definition) is 3. The second-order valence-electron chi connectivity index (χ2n) is 9.57. The zero-order valence-corrected chi connectivity index (χ0v) is 20.2. The Morgan fingerprint density at radius 1 is 1.00 bits per heavy atom. The van der Waals surface area contributed by atoms with Crippen LogP contribution in [0.3, 0.4) is 0 Å². The van der Waals surface area contributed by atoms with E-state index in [0.717, 1.165) is 30.4 Å². The van der Waals surface area contributed by atoms with Gasteiger partial charge in [-0.25, -0.2) is 4.79 Å². The van der Waals surface area contributed by atoms with E-state index in [1.807, 2.05) is 31.2 Å². The first-order valence-corrected chi connectivity index (χ1v) is 12.6. The summed E-state index contributed by atoms with van der Waals surface area (Å²) in [4.78, 5) is 36.5. The Balaban J connectivity index is 1.27. The summed E-state index contributed by atoms with van der Waals surface area (Å²) in [5, 5.41) is 15.1. The van der Waals surface area contributed by atoms with Crippen molar-refractivity contribution in [1.82, 2.24) is 10.6 Å². The Kier molecular flexibility index (Phi) is 8.06. The second kappa shape index (κ2) is 11.4. The zero-order valence-electron chi connectivity index (χ0n) is 20.2. The first-order valence-electron chi connectivity index (χ1n) is 12.6. The van der Waals surface area contributed by atoms with Gasteiger partial charge in [0.05, 0.1) is 5.92 Å². The number of carbonyl (C=O) groups excluding carboxylic acids is 2. The highest BCUT2D eigenvalue weighted by Gasteiger charge is 2.31. The molecule has 0 unspecified atom stereocenters. The highest BCUT2D eigenvalue weighted by atomic mass is 16.5. The summed E-state index contributed by atoms with van der Waals surface area (Å²) in [6.45, 7) is 2.49. The van der Waals surface area contributed by atoms with E-state index >= 15 is 0 Å². The van der Waals surface area contributed by atoms with Crippen LogP contribution in [0.2, 0.25) is 0 Å². The lowest BCUT2D eigenvalue weighted by Crippen LogP contribution is -2.42. The fourth-order valence-corrected chi connectivity index (χ4v) is 5.42. The molecule has 0 spiro atoms. The predicted molar refractivity (Wildman–Crippen MR) is 133 cm³/mol. The molecule has 35 heavy (non-hydrogen) atoms. The summed E-state index contributed by atoms with van der Waals surface area (Å²) in [5.41, 5.74) is 4.64. The molecule has 7 nitrogen and oxygen atoms in total. The van der Waals surface area contributed by atoms with Gasteiger partial charge in [0.1, 0.15) is 6.61 Å². The number of carboxylic acid groups (broad SMARTS) is 1. The van der Waals surface area contributed by atoms with E-state index < -0.39 is 18.0 Å². The molecular weight excluding hydrogens is 444 g/mol. The molecule has 2 amide bonds. The maximum Gasteiger partial charge on any atom is 0.407 e. The zero-order chi connectivity index (χ0) is 24.8. The van der Waals surface area contributed by atoms with Crippen molar-refractivity contribution in [3.05, 3.63) is 59.7 Å². The number of carbonyl (C=O) groups is 3. The smallest absolute Gasteiger partial charge is 0.407 e. The van der Waals surface area contributed by atoms with Crippen molar-refractivity contribution in [2.75, 3.05) is 13.2 Å². The Labute approximate surface area is 206 Å². The monoisotopic (exact) mass is 478 g/mol. The third kappa shape index (κ3) is 5.84. The van der Waals surface area contributed by atoms with Gasteiger partial charge in [-0.1, -0.05) is 68.3 Å². The molecule has 2 aromatic carbocycles. The molecule has 2 aromatic rings. The SMILES string of the molecule is CC[C@H](CC(=O)NC[C@@H]1CCCC[C@@H]1C(=O)O)NC(=O)OCC1c2ccccc2-c2ccccc21. The summed E-state index contributed by atoms with van der Waals surface area (Å²) in [6, 6.07) is 16.0. The van der Waals surface area contributed by atoms with Crippen LogP contribution in [0.5, 0.6) is 0 Å². The first kappa shape index (κ1) is 24.8. The molecular formula is C28H34N2O5. The quantitative estimate of drug-likeness (QED) is 0.485. The molecule has 1 saturated carbocycles. The van der Waals surface area contributed by atoms with Crippen LogP contribution in [-0.4, -0.2) is 42.3 Å². The topological polar surface area (TPSA) is 105 Å². The van der Waals surface area contributed by atoms with Gasteiger partial charge in [-0.05, 0) is 47.4 Å². The molecule has 2 aliphatic carbocycles. The lowest BCUT2D eigenvalue weighted by atomic mass is 9.79. The van der Waals surface area contributed by atoms with E-state index in [0.29, 0.717) is 19.4 Å². The fraction of sp³-hybridized carbons (Fsp3) is 0.464. The van der Waals surface area contributed by atoms with E-state index in [-0.39, 0.29) is 36.8 Å². The van der Waals surface area contributed by atoms with Crippen LogP contribution >= 0.6 is 0 Å². The number of benzene rings is 2. The van der Waals surface area contributed by atoms with Gasteiger partial charge >= 0.3 is 12.1 Å². The molecule has 3 atom stereocenters. The minimum absolute atomic E-state index is 0.0193. The van der Waals surface area contributed by atoms with Crippen molar-refractivity contribution < 1.29 is 24.2 Å². The number of ether oxygens (including phenoxy) is 1. The number of alkyl carbamates (subject to hydrolysis) is 1. The van der Waals surface area contributed by atoms with Gasteiger partial charge in [-0.3, -0.25) is 9.59 Å². The molecule has 0 heterocycles. The van der Waals surface area contributed by atoms with Gasteiger partial charge in [-0.2, -0.15) is 0 Å². The second-order valence-corrected chi connectivity index (χ2v) is 9.57. The van der Waals surface area contributed by atoms with Crippen LogP contribution in [0.1, 0.15) is 62.5 Å². The van der Waals surface area contributed by atoms with Crippen LogP contribution in [0.15, 0.2) is 48.5 Å². The predicted octanol–water partition coefficient (Wildman–Crippen LogP) is 4.70. The van der Waals surface area contributed by atoms with Crippen molar-refractivity contribution in [3.63, 3.8) is 0 Å². The third-order valence-electron chi connectivity index (χ3n) is 7.38. The Morgan fingerprint density at radius 2 is 1.63 bits per heavy atom. The van der Waals surface area contributed by atoms with Gasteiger partial charge in [0, 0.05) is 24.9 Å². The third-order valence-corrected chi connectivity index (χ3v) is 7.38. The van der Waals surface area contributed by atoms with E-state index in [1.165, 1.54) is 11.1 Å². The molecule has 0 aliphatic heterocycles. The molecule has 0 bridgehead atoms. The molecule has 0 aromatic heterocycles. The number of fused-ring (bicyclic) bond motifs is 3. The first-order chi connectivity index (χ1) is 17.0. The largest absolute Gasteiger partial charge is 0.481 e. The van der Waals surface area contributed by atoms with Gasteiger partial charge in [0.25, 0.3) is 0 Å². The summed E-state index contributed by atoms with van der Waals surface area (Å²) >= 11 is 0. The number of hydrogen-bond acceptors (Lipinski definition) is 4. The highest BCUT2D eigenvalue weighted by molar-refractivity contribution is 5.79. The Morgan fingerprint density at radius 3 is 2.26 bits per heavy atom. The van der Waals surface area contributed by atoms with E-state index in [1.54, 1.807) is 0 Å². The summed E-state index contributed by atoms with van der Waals surface area (Å²) in [6.07, 6.45) is 3.56. The Bertz CT molecular complexity index is 1020. The minimum atomic E-state index is -0.785. The number of nitrogens with one attached hydrogen (secondary N) is 2. The molecule has 4 rings (SSSR count). The van der Waals surface area contributed by atoms with Crippen molar-refractivity contribution >= 4 is 18.0 Å². The number of aliphatic carboxylic acids is 1. The summed E-state index contributed by atoms with van der Waals surface area (Å²) in [7, 11) is 0. The minimum Gasteiger partial charge on any atom is -0.481 e. The highest BCUT2D eigenvalue weighted by Crippen LogP contribution is 2.44. The van der Waals surface area contributed by atoms with Crippen molar-refractivity contribution in [2.24, 2.45) is 11.8 Å². The van der Waals surface area contributed by atoms with Crippen LogP contribution in [-0.2, 0) is 14.3 Å². The van der Waals surface area contributed by atoms with Crippen molar-refractivity contribution in [1.29, 1.82) is 0 Å². The fourth-order valence-electron chi connectivity index (χ4n) is 5.42. The maximum absolute atomic E-state index is 12.6. The number of amides is 2. The standard InChI is InChI=1S/C28H34N2O5/c1-2-19(15-26(31)29-16-18-9-3-4-10-20(18)27(32)33)30-28(34)35-17-25-23-13-7-5-11-21(23)22-12-6-8-14-24(22)25/h5-8,11-14,18-20,25H,2-4,9-10,15-17H2,1H3,(H,29,31)(H,30,34)(H,32,33)/t18-,19+,20-/m0/s1. The van der Waals surface area contributed by atoms with E-state index in [9.17, 15) is 19.5 Å². The molecule has 3 N–H and O–H groups in total. The maximum atomic E-state index is 12.6. The van der Waals surface area contributed by atoms with Gasteiger partial charge in [0.2, 0.25) is 5.91 Å². The average molecular weight is 479 g/mol.